The molecule has 0 saturated carbocycles. The third kappa shape index (κ3) is 4.67. The molecule has 0 fully saturated rings. The zero-order chi connectivity index (χ0) is 21.3. The number of hydrogen-bond acceptors (Lipinski definition) is 2. The molecule has 3 rings (SSSR count). The lowest BCUT2D eigenvalue weighted by molar-refractivity contribution is -0.137. The highest BCUT2D eigenvalue weighted by Gasteiger charge is 2.30. The highest BCUT2D eigenvalue weighted by atomic mass is 79.9. The molecule has 0 atom stereocenters. The fraction of sp³-hybridized carbons (Fsp3) is 0.200. The van der Waals surface area contributed by atoms with Crippen molar-refractivity contribution in [1.29, 1.82) is 0 Å². The summed E-state index contributed by atoms with van der Waals surface area (Å²) in [6, 6.07) is 8.73. The number of alkyl halides is 3. The Bertz CT molecular complexity index is 1080. The molecular formula is C20H16BrF4N3O. The summed E-state index contributed by atoms with van der Waals surface area (Å²) in [5.74, 6) is -0.795. The molecule has 29 heavy (non-hydrogen) atoms. The van der Waals surface area contributed by atoms with Gasteiger partial charge in [0.2, 0.25) is 5.91 Å². The van der Waals surface area contributed by atoms with Gasteiger partial charge in [-0.15, -0.1) is 0 Å². The smallest absolute Gasteiger partial charge is 0.325 e. The Morgan fingerprint density at radius 3 is 2.55 bits per heavy atom. The van der Waals surface area contributed by atoms with Crippen LogP contribution in [-0.2, 0) is 17.4 Å². The molecule has 1 heterocycles. The second-order valence-corrected chi connectivity index (χ2v) is 7.31. The van der Waals surface area contributed by atoms with Crippen molar-refractivity contribution >= 4 is 27.5 Å². The predicted octanol–water partition coefficient (Wildman–Crippen LogP) is 5.59. The largest absolute Gasteiger partial charge is 0.416 e. The average Bonchev–Trinajstić information content (AvgIpc) is 2.92. The summed E-state index contributed by atoms with van der Waals surface area (Å²) in [4.78, 5) is 12.4. The summed E-state index contributed by atoms with van der Waals surface area (Å²) < 4.78 is 54.0. The van der Waals surface area contributed by atoms with E-state index < -0.39 is 17.6 Å². The average molecular weight is 470 g/mol. The van der Waals surface area contributed by atoms with Crippen LogP contribution >= 0.6 is 15.9 Å². The van der Waals surface area contributed by atoms with Gasteiger partial charge in [-0.05, 0) is 66.2 Å². The maximum atomic E-state index is 13.2. The molecule has 3 aromatic rings. The summed E-state index contributed by atoms with van der Waals surface area (Å²) >= 11 is 3.18. The number of carbonyl (C=O) groups excluding carboxylic acids is 1. The van der Waals surface area contributed by atoms with E-state index in [2.05, 4.69) is 26.3 Å². The van der Waals surface area contributed by atoms with E-state index in [1.54, 1.807) is 13.8 Å². The molecule has 1 aromatic heterocycles. The van der Waals surface area contributed by atoms with Crippen LogP contribution in [0.5, 0.6) is 0 Å². The van der Waals surface area contributed by atoms with Crippen molar-refractivity contribution in [2.45, 2.75) is 26.4 Å². The maximum absolute atomic E-state index is 13.2. The van der Waals surface area contributed by atoms with E-state index >= 15 is 0 Å². The van der Waals surface area contributed by atoms with Crippen molar-refractivity contribution in [2.75, 3.05) is 5.32 Å². The van der Waals surface area contributed by atoms with Crippen molar-refractivity contribution in [3.63, 3.8) is 0 Å². The van der Waals surface area contributed by atoms with Gasteiger partial charge in [0.15, 0.2) is 0 Å². The highest BCUT2D eigenvalue weighted by molar-refractivity contribution is 9.10. The van der Waals surface area contributed by atoms with Gasteiger partial charge in [-0.1, -0.05) is 6.07 Å². The number of aryl methyl sites for hydroxylation is 1. The zero-order valence-electron chi connectivity index (χ0n) is 15.4. The molecule has 9 heteroatoms. The van der Waals surface area contributed by atoms with Crippen molar-refractivity contribution in [2.24, 2.45) is 0 Å². The van der Waals surface area contributed by atoms with Crippen LogP contribution < -0.4 is 5.32 Å². The Balaban J connectivity index is 1.85. The molecule has 0 spiro atoms. The van der Waals surface area contributed by atoms with E-state index in [0.717, 1.165) is 12.1 Å². The van der Waals surface area contributed by atoms with E-state index in [1.165, 1.54) is 35.0 Å². The Kier molecular flexibility index (Phi) is 5.79. The van der Waals surface area contributed by atoms with Crippen LogP contribution in [0.4, 0.5) is 23.2 Å². The lowest BCUT2D eigenvalue weighted by Crippen LogP contribution is -2.15. The minimum atomic E-state index is -4.46. The predicted molar refractivity (Wildman–Crippen MR) is 104 cm³/mol. The number of rotatable bonds is 4. The number of halogens is 5. The van der Waals surface area contributed by atoms with Gasteiger partial charge in [0.25, 0.3) is 0 Å². The normalized spacial score (nSPS) is 11.6. The third-order valence-corrected chi connectivity index (χ3v) is 5.06. The van der Waals surface area contributed by atoms with Gasteiger partial charge in [0.05, 0.1) is 29.1 Å². The van der Waals surface area contributed by atoms with Crippen molar-refractivity contribution in [3.05, 3.63) is 75.3 Å². The molecular weight excluding hydrogens is 454 g/mol. The van der Waals surface area contributed by atoms with Crippen molar-refractivity contribution < 1.29 is 22.4 Å². The number of benzene rings is 2. The van der Waals surface area contributed by atoms with Crippen LogP contribution in [0.2, 0.25) is 0 Å². The van der Waals surface area contributed by atoms with Gasteiger partial charge in [0.1, 0.15) is 5.82 Å². The monoisotopic (exact) mass is 469 g/mol. The quantitative estimate of drug-likeness (QED) is 0.506. The summed E-state index contributed by atoms with van der Waals surface area (Å²) in [6.07, 6.45) is -4.49. The SMILES string of the molecule is Cc1nn(-c2cccc(C(F)(F)F)c2)c(C)c1CC(=O)Nc1ccc(F)cc1Br. The second-order valence-electron chi connectivity index (χ2n) is 6.46. The number of aromatic nitrogens is 2. The van der Waals surface area contributed by atoms with Crippen LogP contribution in [-0.4, -0.2) is 15.7 Å². The number of nitrogens with zero attached hydrogens (tertiary/aromatic N) is 2. The van der Waals surface area contributed by atoms with Crippen LogP contribution in [0.1, 0.15) is 22.5 Å². The number of hydrogen-bond donors (Lipinski definition) is 1. The molecule has 1 amide bonds. The van der Waals surface area contributed by atoms with Crippen LogP contribution in [0, 0.1) is 19.7 Å². The molecule has 0 saturated heterocycles. The highest BCUT2D eigenvalue weighted by Crippen LogP contribution is 2.31. The van der Waals surface area contributed by atoms with Gasteiger partial charge in [-0.25, -0.2) is 9.07 Å². The minimum Gasteiger partial charge on any atom is -0.325 e. The Labute approximate surface area is 172 Å². The summed E-state index contributed by atoms with van der Waals surface area (Å²) in [5.41, 5.74) is 1.61. The van der Waals surface area contributed by atoms with Gasteiger partial charge < -0.3 is 5.32 Å². The second kappa shape index (κ2) is 7.98. The molecule has 0 bridgehead atoms. The minimum absolute atomic E-state index is 0.0273. The first-order valence-corrected chi connectivity index (χ1v) is 9.33. The molecule has 0 aliphatic rings. The lowest BCUT2D eigenvalue weighted by atomic mass is 10.1. The zero-order valence-corrected chi connectivity index (χ0v) is 17.0. The molecule has 1 N–H and O–H groups in total. The Morgan fingerprint density at radius 2 is 1.90 bits per heavy atom. The number of amides is 1. The summed E-state index contributed by atoms with van der Waals surface area (Å²) in [7, 11) is 0. The molecule has 0 aliphatic carbocycles. The van der Waals surface area contributed by atoms with E-state index in [1.807, 2.05) is 0 Å². The van der Waals surface area contributed by atoms with Gasteiger partial charge >= 0.3 is 6.18 Å². The Hall–Kier alpha value is -2.68. The van der Waals surface area contributed by atoms with Crippen LogP contribution in [0.15, 0.2) is 46.9 Å². The molecule has 0 unspecified atom stereocenters. The van der Waals surface area contributed by atoms with Crippen molar-refractivity contribution in [1.82, 2.24) is 9.78 Å². The fourth-order valence-electron chi connectivity index (χ4n) is 2.94. The maximum Gasteiger partial charge on any atom is 0.416 e. The first-order valence-electron chi connectivity index (χ1n) is 8.54. The van der Waals surface area contributed by atoms with Gasteiger partial charge in [0, 0.05) is 15.7 Å². The Morgan fingerprint density at radius 1 is 1.17 bits per heavy atom. The number of anilines is 1. The molecule has 152 valence electrons. The van der Waals surface area contributed by atoms with E-state index in [9.17, 15) is 22.4 Å². The number of carbonyl (C=O) groups is 1. The van der Waals surface area contributed by atoms with E-state index in [-0.39, 0.29) is 18.0 Å². The van der Waals surface area contributed by atoms with Crippen LogP contribution in [0.25, 0.3) is 5.69 Å². The van der Waals surface area contributed by atoms with Crippen LogP contribution in [0.3, 0.4) is 0 Å². The van der Waals surface area contributed by atoms with Gasteiger partial charge in [-0.2, -0.15) is 18.3 Å². The number of nitrogens with one attached hydrogen (secondary N) is 1. The first kappa shape index (κ1) is 21.0. The topological polar surface area (TPSA) is 46.9 Å². The first-order chi connectivity index (χ1) is 13.6. The molecule has 4 nitrogen and oxygen atoms in total. The molecule has 0 aliphatic heterocycles. The molecule has 2 aromatic carbocycles. The fourth-order valence-corrected chi connectivity index (χ4v) is 3.39. The third-order valence-electron chi connectivity index (χ3n) is 4.40. The van der Waals surface area contributed by atoms with E-state index in [0.29, 0.717) is 27.1 Å². The standard InChI is InChI=1S/C20H16BrF4N3O/c1-11-16(10-19(29)26-18-7-6-14(22)9-17(18)21)12(2)28(27-11)15-5-3-4-13(8-15)20(23,24)25/h3-9H,10H2,1-2H3,(H,26,29). The van der Waals surface area contributed by atoms with E-state index in [4.69, 9.17) is 0 Å². The molecule has 0 radical (unpaired) electrons. The summed E-state index contributed by atoms with van der Waals surface area (Å²) in [5, 5.41) is 6.98. The lowest BCUT2D eigenvalue weighted by Gasteiger charge is -2.10. The van der Waals surface area contributed by atoms with Crippen molar-refractivity contribution in [3.8, 4) is 5.69 Å². The van der Waals surface area contributed by atoms with Gasteiger partial charge in [-0.3, -0.25) is 4.79 Å². The summed E-state index contributed by atoms with van der Waals surface area (Å²) in [6.45, 7) is 3.38.